The third-order valence-electron chi connectivity index (χ3n) is 5.00. The first-order valence-electron chi connectivity index (χ1n) is 10.1. The maximum atomic E-state index is 13.5. The van der Waals surface area contributed by atoms with Crippen LogP contribution in [0.2, 0.25) is 0 Å². The van der Waals surface area contributed by atoms with Gasteiger partial charge in [-0.25, -0.2) is 14.3 Å². The molecule has 0 unspecified atom stereocenters. The molecule has 2 heterocycles. The Labute approximate surface area is 183 Å². The van der Waals surface area contributed by atoms with Gasteiger partial charge in [-0.2, -0.15) is 0 Å². The first-order chi connectivity index (χ1) is 15.5. The monoisotopic (exact) mass is 434 g/mol. The fourth-order valence-corrected chi connectivity index (χ4v) is 3.53. The molecule has 0 fully saturated rings. The van der Waals surface area contributed by atoms with Gasteiger partial charge in [0.05, 0.1) is 32.3 Å². The van der Waals surface area contributed by atoms with Crippen molar-refractivity contribution in [1.29, 1.82) is 0 Å². The fourth-order valence-electron chi connectivity index (χ4n) is 3.53. The van der Waals surface area contributed by atoms with Crippen molar-refractivity contribution in [3.05, 3.63) is 87.3 Å². The van der Waals surface area contributed by atoms with Crippen LogP contribution in [0.5, 0.6) is 5.75 Å². The van der Waals surface area contributed by atoms with E-state index in [-0.39, 0.29) is 30.9 Å². The zero-order valence-corrected chi connectivity index (χ0v) is 17.7. The summed E-state index contributed by atoms with van der Waals surface area (Å²) in [7, 11) is 1.53. The molecule has 0 bridgehead atoms. The first-order valence-corrected chi connectivity index (χ1v) is 10.1. The van der Waals surface area contributed by atoms with E-state index >= 15 is 0 Å². The molecule has 2 aromatic carbocycles. The standard InChI is InChI=1S/C23H22N4O5/c1-3-32-19(28)14-25-15-24-21-20(25)22(29)26(13-16-8-5-4-6-9-16)23(30)27(21)17-10-7-11-18(12-17)31-2/h4-12,15H,3,13-14H2,1-2H3. The van der Waals surface area contributed by atoms with Crippen LogP contribution in [0.3, 0.4) is 0 Å². The van der Waals surface area contributed by atoms with Crippen molar-refractivity contribution in [2.75, 3.05) is 13.7 Å². The minimum absolute atomic E-state index is 0.0724. The van der Waals surface area contributed by atoms with E-state index in [1.54, 1.807) is 31.2 Å². The number of ether oxygens (including phenoxy) is 2. The zero-order chi connectivity index (χ0) is 22.7. The zero-order valence-electron chi connectivity index (χ0n) is 17.7. The smallest absolute Gasteiger partial charge is 0.337 e. The molecule has 9 heteroatoms. The van der Waals surface area contributed by atoms with Gasteiger partial charge in [0.25, 0.3) is 5.56 Å². The number of hydrogen-bond acceptors (Lipinski definition) is 6. The summed E-state index contributed by atoms with van der Waals surface area (Å²) in [4.78, 5) is 43.3. The highest BCUT2D eigenvalue weighted by molar-refractivity contribution is 5.76. The third kappa shape index (κ3) is 3.92. The molecular weight excluding hydrogens is 412 g/mol. The van der Waals surface area contributed by atoms with Crippen LogP contribution in [-0.2, 0) is 22.6 Å². The lowest BCUT2D eigenvalue weighted by Crippen LogP contribution is -2.40. The predicted octanol–water partition coefficient (Wildman–Crippen LogP) is 1.97. The maximum absolute atomic E-state index is 13.5. The molecule has 0 saturated carbocycles. The van der Waals surface area contributed by atoms with Crippen molar-refractivity contribution >= 4 is 17.1 Å². The van der Waals surface area contributed by atoms with Gasteiger partial charge in [0.1, 0.15) is 12.3 Å². The minimum atomic E-state index is -0.541. The number of nitrogens with zero attached hydrogens (tertiary/aromatic N) is 4. The molecule has 0 aliphatic rings. The van der Waals surface area contributed by atoms with E-state index in [9.17, 15) is 14.4 Å². The second-order valence-electron chi connectivity index (χ2n) is 7.05. The molecule has 2 aromatic heterocycles. The molecule has 9 nitrogen and oxygen atoms in total. The Hall–Kier alpha value is -4.14. The Morgan fingerprint density at radius 3 is 2.56 bits per heavy atom. The summed E-state index contributed by atoms with van der Waals surface area (Å²) in [5.74, 6) is 0.0502. The van der Waals surface area contributed by atoms with E-state index in [2.05, 4.69) is 4.98 Å². The summed E-state index contributed by atoms with van der Waals surface area (Å²) in [5, 5.41) is 0. The summed E-state index contributed by atoms with van der Waals surface area (Å²) in [6.07, 6.45) is 1.37. The summed E-state index contributed by atoms with van der Waals surface area (Å²) in [6.45, 7) is 1.81. The molecule has 0 amide bonds. The van der Waals surface area contributed by atoms with E-state index in [4.69, 9.17) is 9.47 Å². The Morgan fingerprint density at radius 1 is 1.06 bits per heavy atom. The van der Waals surface area contributed by atoms with Crippen LogP contribution in [0.15, 0.2) is 70.5 Å². The van der Waals surface area contributed by atoms with Crippen molar-refractivity contribution in [1.82, 2.24) is 18.7 Å². The van der Waals surface area contributed by atoms with Crippen LogP contribution in [-0.4, -0.2) is 38.4 Å². The highest BCUT2D eigenvalue weighted by Gasteiger charge is 2.21. The van der Waals surface area contributed by atoms with Crippen LogP contribution < -0.4 is 16.0 Å². The number of hydrogen-bond donors (Lipinski definition) is 0. The lowest BCUT2D eigenvalue weighted by Gasteiger charge is -2.13. The van der Waals surface area contributed by atoms with Gasteiger partial charge >= 0.3 is 11.7 Å². The van der Waals surface area contributed by atoms with Crippen LogP contribution >= 0.6 is 0 Å². The molecular formula is C23H22N4O5. The third-order valence-corrected chi connectivity index (χ3v) is 5.00. The number of aromatic nitrogens is 4. The molecule has 0 aliphatic heterocycles. The van der Waals surface area contributed by atoms with E-state index in [1.807, 2.05) is 30.3 Å². The highest BCUT2D eigenvalue weighted by atomic mass is 16.5. The number of carbonyl (C=O) groups is 1. The molecule has 0 atom stereocenters. The van der Waals surface area contributed by atoms with Crippen LogP contribution in [0.1, 0.15) is 12.5 Å². The molecule has 0 spiro atoms. The highest BCUT2D eigenvalue weighted by Crippen LogP contribution is 2.18. The van der Waals surface area contributed by atoms with Crippen molar-refractivity contribution in [2.45, 2.75) is 20.0 Å². The molecule has 164 valence electrons. The number of imidazole rings is 1. The van der Waals surface area contributed by atoms with Crippen molar-refractivity contribution in [2.24, 2.45) is 0 Å². The molecule has 4 aromatic rings. The van der Waals surface area contributed by atoms with Crippen LogP contribution in [0.25, 0.3) is 16.9 Å². The fraction of sp³-hybridized carbons (Fsp3) is 0.217. The number of rotatable bonds is 7. The quantitative estimate of drug-likeness (QED) is 0.413. The first kappa shape index (κ1) is 21.1. The topological polar surface area (TPSA) is 97.4 Å². The van der Waals surface area contributed by atoms with Crippen LogP contribution in [0.4, 0.5) is 0 Å². The molecule has 0 radical (unpaired) electrons. The normalized spacial score (nSPS) is 10.9. The summed E-state index contributed by atoms with van der Waals surface area (Å²) in [5.41, 5.74) is 0.497. The predicted molar refractivity (Wildman–Crippen MR) is 118 cm³/mol. The average Bonchev–Trinajstić information content (AvgIpc) is 3.21. The number of fused-ring (bicyclic) bond motifs is 1. The average molecular weight is 434 g/mol. The summed E-state index contributed by atoms with van der Waals surface area (Å²) >= 11 is 0. The Morgan fingerprint density at radius 2 is 1.84 bits per heavy atom. The Balaban J connectivity index is 1.98. The maximum Gasteiger partial charge on any atom is 0.337 e. The number of carbonyl (C=O) groups excluding carboxylic acids is 1. The summed E-state index contributed by atoms with van der Waals surface area (Å²) < 4.78 is 14.2. The van der Waals surface area contributed by atoms with Gasteiger partial charge in [-0.3, -0.25) is 14.2 Å². The van der Waals surface area contributed by atoms with Gasteiger partial charge in [0.2, 0.25) is 0 Å². The van der Waals surface area contributed by atoms with Crippen LogP contribution in [0, 0.1) is 0 Å². The van der Waals surface area contributed by atoms with E-state index < -0.39 is 17.2 Å². The van der Waals surface area contributed by atoms with Crippen molar-refractivity contribution < 1.29 is 14.3 Å². The van der Waals surface area contributed by atoms with E-state index in [0.717, 1.165) is 10.1 Å². The Bertz CT molecular complexity index is 1390. The van der Waals surface area contributed by atoms with Gasteiger partial charge < -0.3 is 14.0 Å². The number of esters is 1. The second kappa shape index (κ2) is 8.93. The summed E-state index contributed by atoms with van der Waals surface area (Å²) in [6, 6.07) is 16.1. The molecule has 0 aliphatic carbocycles. The number of benzene rings is 2. The lowest BCUT2D eigenvalue weighted by atomic mass is 10.2. The van der Waals surface area contributed by atoms with Gasteiger partial charge in [-0.05, 0) is 24.6 Å². The van der Waals surface area contributed by atoms with Gasteiger partial charge in [0.15, 0.2) is 11.2 Å². The lowest BCUT2D eigenvalue weighted by molar-refractivity contribution is -0.143. The van der Waals surface area contributed by atoms with Gasteiger partial charge in [-0.1, -0.05) is 36.4 Å². The number of methoxy groups -OCH3 is 1. The second-order valence-corrected chi connectivity index (χ2v) is 7.05. The van der Waals surface area contributed by atoms with Crippen molar-refractivity contribution in [3.8, 4) is 11.4 Å². The molecule has 0 saturated heterocycles. The Kier molecular flexibility index (Phi) is 5.89. The molecule has 4 rings (SSSR count). The van der Waals surface area contributed by atoms with Gasteiger partial charge in [0, 0.05) is 6.07 Å². The largest absolute Gasteiger partial charge is 0.497 e. The molecule has 32 heavy (non-hydrogen) atoms. The van der Waals surface area contributed by atoms with E-state index in [0.29, 0.717) is 11.4 Å². The van der Waals surface area contributed by atoms with Crippen molar-refractivity contribution in [3.63, 3.8) is 0 Å². The van der Waals surface area contributed by atoms with Gasteiger partial charge in [-0.15, -0.1) is 0 Å². The SMILES string of the molecule is CCOC(=O)Cn1cnc2c1c(=O)n(Cc1ccccc1)c(=O)n2-c1cccc(OC)c1. The minimum Gasteiger partial charge on any atom is -0.497 e. The molecule has 0 N–H and O–H groups in total. The van der Waals surface area contributed by atoms with E-state index in [1.165, 1.54) is 22.6 Å².